The van der Waals surface area contributed by atoms with Crippen molar-refractivity contribution in [2.75, 3.05) is 19.6 Å². The number of hydrogen-bond donors (Lipinski definition) is 3. The average Bonchev–Trinajstić information content (AvgIpc) is 3.15. The van der Waals surface area contributed by atoms with Gasteiger partial charge < -0.3 is 15.3 Å². The van der Waals surface area contributed by atoms with Crippen molar-refractivity contribution in [3.05, 3.63) is 59.4 Å². The number of likely N-dealkylation sites (tertiary alicyclic amines) is 1. The van der Waals surface area contributed by atoms with Crippen LogP contribution in [0.2, 0.25) is 0 Å². The van der Waals surface area contributed by atoms with E-state index in [2.05, 4.69) is 15.2 Å². The number of azo groups is 1. The van der Waals surface area contributed by atoms with E-state index in [9.17, 15) is 15.0 Å². The molecule has 33 heavy (non-hydrogen) atoms. The predicted octanol–water partition coefficient (Wildman–Crippen LogP) is 4.58. The first kappa shape index (κ1) is 22.5. The second-order valence-electron chi connectivity index (χ2n) is 8.39. The SMILES string of the molecule is Cc1ccc(-n2cnc(N=Nc3cccc(C4CCN(CC(=O)O)CC4)c3O)c2O)cc1C. The van der Waals surface area contributed by atoms with E-state index in [-0.39, 0.29) is 29.9 Å². The molecule has 0 saturated carbocycles. The molecule has 0 radical (unpaired) electrons. The normalized spacial score (nSPS) is 15.3. The Hall–Kier alpha value is -3.72. The molecule has 3 aromatic rings. The molecule has 0 aliphatic carbocycles. The Morgan fingerprint density at radius 3 is 2.55 bits per heavy atom. The van der Waals surface area contributed by atoms with E-state index in [1.807, 2.05) is 43.0 Å². The zero-order valence-corrected chi connectivity index (χ0v) is 18.6. The van der Waals surface area contributed by atoms with Crippen LogP contribution < -0.4 is 0 Å². The zero-order chi connectivity index (χ0) is 23.5. The van der Waals surface area contributed by atoms with Gasteiger partial charge in [-0.1, -0.05) is 18.2 Å². The minimum atomic E-state index is -0.832. The number of para-hydroxylation sites is 1. The summed E-state index contributed by atoms with van der Waals surface area (Å²) in [6.45, 7) is 5.37. The maximum Gasteiger partial charge on any atom is 0.317 e. The number of piperidine rings is 1. The Morgan fingerprint density at radius 1 is 1.09 bits per heavy atom. The number of imidazole rings is 1. The van der Waals surface area contributed by atoms with E-state index in [4.69, 9.17) is 5.11 Å². The largest absolute Gasteiger partial charge is 0.505 e. The summed E-state index contributed by atoms with van der Waals surface area (Å²) in [5.41, 5.74) is 4.08. The number of aliphatic carboxylic acids is 1. The second-order valence-corrected chi connectivity index (χ2v) is 8.39. The number of carboxylic acids is 1. The van der Waals surface area contributed by atoms with Gasteiger partial charge >= 0.3 is 5.97 Å². The van der Waals surface area contributed by atoms with Gasteiger partial charge in [0, 0.05) is 0 Å². The van der Waals surface area contributed by atoms with E-state index in [1.165, 1.54) is 10.9 Å². The average molecular weight is 450 g/mol. The zero-order valence-electron chi connectivity index (χ0n) is 18.6. The molecular formula is C24H27N5O4. The molecule has 0 amide bonds. The van der Waals surface area contributed by atoms with E-state index < -0.39 is 5.97 Å². The summed E-state index contributed by atoms with van der Waals surface area (Å²) in [6, 6.07) is 11.1. The lowest BCUT2D eigenvalue weighted by molar-refractivity contribution is -0.138. The maximum absolute atomic E-state index is 10.9. The van der Waals surface area contributed by atoms with Gasteiger partial charge in [-0.2, -0.15) is 0 Å². The molecule has 1 aliphatic rings. The number of hydrogen-bond acceptors (Lipinski definition) is 7. The number of carboxylic acid groups (broad SMARTS) is 1. The lowest BCUT2D eigenvalue weighted by atomic mass is 9.88. The number of aromatic hydroxyl groups is 2. The third-order valence-corrected chi connectivity index (χ3v) is 6.18. The molecule has 1 fully saturated rings. The van der Waals surface area contributed by atoms with Gasteiger partial charge in [-0.15, -0.1) is 10.2 Å². The Bertz CT molecular complexity index is 1200. The topological polar surface area (TPSA) is 124 Å². The van der Waals surface area contributed by atoms with Crippen molar-refractivity contribution in [1.29, 1.82) is 0 Å². The van der Waals surface area contributed by atoms with Crippen LogP contribution in [0, 0.1) is 13.8 Å². The minimum absolute atomic E-state index is 0.0330. The van der Waals surface area contributed by atoms with Crippen LogP contribution >= 0.6 is 0 Å². The molecule has 0 spiro atoms. The maximum atomic E-state index is 10.9. The highest BCUT2D eigenvalue weighted by atomic mass is 16.4. The molecule has 2 aromatic carbocycles. The van der Waals surface area contributed by atoms with Crippen molar-refractivity contribution in [3.8, 4) is 17.3 Å². The van der Waals surface area contributed by atoms with E-state index in [1.54, 1.807) is 12.1 Å². The van der Waals surface area contributed by atoms with Crippen LogP contribution in [0.15, 0.2) is 53.0 Å². The molecule has 2 heterocycles. The Morgan fingerprint density at radius 2 is 1.85 bits per heavy atom. The van der Waals surface area contributed by atoms with Crippen LogP contribution in [0.5, 0.6) is 11.6 Å². The summed E-state index contributed by atoms with van der Waals surface area (Å²) >= 11 is 0. The molecule has 4 rings (SSSR count). The van der Waals surface area contributed by atoms with E-state index in [0.717, 1.165) is 35.2 Å². The van der Waals surface area contributed by atoms with Gasteiger partial charge in [0.1, 0.15) is 17.8 Å². The third-order valence-electron chi connectivity index (χ3n) is 6.18. The number of carbonyl (C=O) groups is 1. The molecule has 0 atom stereocenters. The summed E-state index contributed by atoms with van der Waals surface area (Å²) in [5, 5.41) is 38.5. The first-order valence-electron chi connectivity index (χ1n) is 10.8. The van der Waals surface area contributed by atoms with Crippen molar-refractivity contribution in [3.63, 3.8) is 0 Å². The standard InChI is InChI=1S/C24H27N5O4/c1-15-6-7-18(12-16(15)2)29-14-25-23(24(29)33)27-26-20-5-3-4-19(22(20)32)17-8-10-28(11-9-17)13-21(30)31/h3-7,12,14,17,32-33H,8-11,13H2,1-2H3,(H,30,31). The van der Waals surface area contributed by atoms with Crippen LogP contribution in [0.3, 0.4) is 0 Å². The van der Waals surface area contributed by atoms with Gasteiger partial charge in [-0.05, 0) is 80.6 Å². The van der Waals surface area contributed by atoms with E-state index in [0.29, 0.717) is 18.8 Å². The van der Waals surface area contributed by atoms with Gasteiger partial charge in [0.2, 0.25) is 11.7 Å². The van der Waals surface area contributed by atoms with Crippen LogP contribution in [0.4, 0.5) is 11.5 Å². The predicted molar refractivity (Wildman–Crippen MR) is 123 cm³/mol. The molecular weight excluding hydrogens is 422 g/mol. The van der Waals surface area contributed by atoms with Crippen molar-refractivity contribution in [2.45, 2.75) is 32.6 Å². The summed E-state index contributed by atoms with van der Waals surface area (Å²) in [5.74, 6) is -0.751. The fourth-order valence-corrected chi connectivity index (χ4v) is 4.12. The van der Waals surface area contributed by atoms with Gasteiger partial charge in [0.15, 0.2) is 0 Å². The molecule has 9 heteroatoms. The number of phenols is 1. The highest BCUT2D eigenvalue weighted by molar-refractivity contribution is 5.69. The van der Waals surface area contributed by atoms with Crippen LogP contribution in [-0.4, -0.2) is 55.4 Å². The van der Waals surface area contributed by atoms with Crippen molar-refractivity contribution >= 4 is 17.5 Å². The molecule has 3 N–H and O–H groups in total. The fraction of sp³-hybridized carbons (Fsp3) is 0.333. The van der Waals surface area contributed by atoms with Gasteiger partial charge in [0.05, 0.1) is 12.2 Å². The lowest BCUT2D eigenvalue weighted by Crippen LogP contribution is -2.36. The highest BCUT2D eigenvalue weighted by Crippen LogP contribution is 2.40. The van der Waals surface area contributed by atoms with E-state index >= 15 is 0 Å². The summed E-state index contributed by atoms with van der Waals surface area (Å²) in [6.07, 6.45) is 2.99. The number of aromatic nitrogens is 2. The Balaban J connectivity index is 1.51. The van der Waals surface area contributed by atoms with Crippen LogP contribution in [-0.2, 0) is 4.79 Å². The number of phenolic OH excluding ortho intramolecular Hbond substituents is 1. The van der Waals surface area contributed by atoms with Crippen molar-refractivity contribution in [1.82, 2.24) is 14.5 Å². The monoisotopic (exact) mass is 449 g/mol. The number of rotatable bonds is 6. The molecule has 1 aromatic heterocycles. The minimum Gasteiger partial charge on any atom is -0.505 e. The number of aryl methyl sites for hydroxylation is 2. The third kappa shape index (κ3) is 4.88. The van der Waals surface area contributed by atoms with Crippen molar-refractivity contribution < 1.29 is 20.1 Å². The molecule has 172 valence electrons. The molecule has 0 unspecified atom stereocenters. The lowest BCUT2D eigenvalue weighted by Gasteiger charge is -2.31. The summed E-state index contributed by atoms with van der Waals surface area (Å²) in [4.78, 5) is 17.0. The quantitative estimate of drug-likeness (QED) is 0.473. The Kier molecular flexibility index (Phi) is 6.41. The molecule has 1 aliphatic heterocycles. The van der Waals surface area contributed by atoms with Gasteiger partial charge in [-0.25, -0.2) is 4.98 Å². The first-order chi connectivity index (χ1) is 15.8. The summed E-state index contributed by atoms with van der Waals surface area (Å²) in [7, 11) is 0. The van der Waals surface area contributed by atoms with Gasteiger partial charge in [0.25, 0.3) is 0 Å². The fourth-order valence-electron chi connectivity index (χ4n) is 4.12. The smallest absolute Gasteiger partial charge is 0.317 e. The molecule has 9 nitrogen and oxygen atoms in total. The number of benzene rings is 2. The van der Waals surface area contributed by atoms with Crippen molar-refractivity contribution in [2.24, 2.45) is 10.2 Å². The Labute approximate surface area is 191 Å². The summed E-state index contributed by atoms with van der Waals surface area (Å²) < 4.78 is 1.53. The van der Waals surface area contributed by atoms with Crippen LogP contribution in [0.25, 0.3) is 5.69 Å². The second kappa shape index (κ2) is 9.41. The van der Waals surface area contributed by atoms with Crippen LogP contribution in [0.1, 0.15) is 35.4 Å². The molecule has 1 saturated heterocycles. The number of nitrogens with zero attached hydrogens (tertiary/aromatic N) is 5. The van der Waals surface area contributed by atoms with Gasteiger partial charge in [-0.3, -0.25) is 14.3 Å². The highest BCUT2D eigenvalue weighted by Gasteiger charge is 2.24. The first-order valence-corrected chi connectivity index (χ1v) is 10.8. The molecule has 0 bridgehead atoms.